The van der Waals surface area contributed by atoms with Crippen molar-refractivity contribution in [2.24, 2.45) is 10.9 Å². The molecule has 1 aromatic carbocycles. The molecule has 0 amide bonds. The van der Waals surface area contributed by atoms with Crippen molar-refractivity contribution < 1.29 is 9.13 Å². The average molecular weight is 305 g/mol. The zero-order valence-corrected chi connectivity index (χ0v) is 13.2. The highest BCUT2D eigenvalue weighted by molar-refractivity contribution is 5.59. The van der Waals surface area contributed by atoms with Gasteiger partial charge in [0.1, 0.15) is 6.67 Å². The molecule has 4 nitrogen and oxygen atoms in total. The van der Waals surface area contributed by atoms with Gasteiger partial charge in [-0.2, -0.15) is 0 Å². The van der Waals surface area contributed by atoms with E-state index in [1.54, 1.807) is 6.07 Å². The van der Waals surface area contributed by atoms with E-state index in [4.69, 9.17) is 4.74 Å². The first kappa shape index (κ1) is 15.1. The number of anilines is 1. The zero-order valence-electron chi connectivity index (χ0n) is 13.2. The van der Waals surface area contributed by atoms with Crippen LogP contribution in [-0.4, -0.2) is 38.2 Å². The minimum atomic E-state index is -0.326. The number of halogens is 1. The summed E-state index contributed by atoms with van der Waals surface area (Å²) in [6.07, 6.45) is 8.67. The van der Waals surface area contributed by atoms with E-state index < -0.39 is 0 Å². The van der Waals surface area contributed by atoms with Gasteiger partial charge in [0.05, 0.1) is 20.1 Å². The first-order valence-electron chi connectivity index (χ1n) is 8.09. The van der Waals surface area contributed by atoms with Crippen LogP contribution in [0.1, 0.15) is 32.1 Å². The number of hydrogen-bond acceptors (Lipinski definition) is 4. The van der Waals surface area contributed by atoms with Crippen LogP contribution in [0.4, 0.5) is 10.1 Å². The Morgan fingerprint density at radius 1 is 1.27 bits per heavy atom. The Bertz CT molecular complexity index is 529. The monoisotopic (exact) mass is 305 g/mol. The molecule has 1 heterocycles. The molecule has 2 aliphatic rings. The summed E-state index contributed by atoms with van der Waals surface area (Å²) in [4.78, 5) is 8.77. The van der Waals surface area contributed by atoms with Crippen molar-refractivity contribution in [3.63, 3.8) is 0 Å². The Balaban J connectivity index is 1.63. The highest BCUT2D eigenvalue weighted by Gasteiger charge is 2.20. The van der Waals surface area contributed by atoms with Gasteiger partial charge in [0.15, 0.2) is 11.6 Å². The van der Waals surface area contributed by atoms with Crippen molar-refractivity contribution in [2.75, 3.05) is 31.9 Å². The Hall–Kier alpha value is -1.78. The standard InChI is InChI=1S/C17H24FN3O/c1-22-17-8-7-15(9-16(17)18)21-12-19-11-20(13-21)10-14-5-3-2-4-6-14/h7-9,11,14H,2-6,10,12-13H2,1H3. The second kappa shape index (κ2) is 6.99. The summed E-state index contributed by atoms with van der Waals surface area (Å²) in [5.74, 6) is 0.726. The van der Waals surface area contributed by atoms with Crippen LogP contribution < -0.4 is 9.64 Å². The number of ether oxygens (including phenoxy) is 1. The molecular formula is C17H24FN3O. The van der Waals surface area contributed by atoms with Crippen LogP contribution >= 0.6 is 0 Å². The quantitative estimate of drug-likeness (QED) is 0.852. The van der Waals surface area contributed by atoms with Crippen LogP contribution in [-0.2, 0) is 0 Å². The number of hydrogen-bond donors (Lipinski definition) is 0. The molecule has 0 bridgehead atoms. The van der Waals surface area contributed by atoms with Crippen molar-refractivity contribution >= 4 is 12.0 Å². The minimum absolute atomic E-state index is 0.281. The second-order valence-electron chi connectivity index (χ2n) is 6.21. The lowest BCUT2D eigenvalue weighted by molar-refractivity contribution is 0.272. The lowest BCUT2D eigenvalue weighted by Gasteiger charge is -2.36. The molecular weight excluding hydrogens is 281 g/mol. The molecule has 120 valence electrons. The predicted molar refractivity (Wildman–Crippen MR) is 86.9 cm³/mol. The lowest BCUT2D eigenvalue weighted by Crippen LogP contribution is -2.43. The Morgan fingerprint density at radius 2 is 2.09 bits per heavy atom. The highest BCUT2D eigenvalue weighted by atomic mass is 19.1. The van der Waals surface area contributed by atoms with Crippen LogP contribution in [0.2, 0.25) is 0 Å². The van der Waals surface area contributed by atoms with E-state index >= 15 is 0 Å². The summed E-state index contributed by atoms with van der Waals surface area (Å²) in [6.45, 7) is 2.40. The second-order valence-corrected chi connectivity index (χ2v) is 6.21. The highest BCUT2D eigenvalue weighted by Crippen LogP contribution is 2.27. The molecule has 0 N–H and O–H groups in total. The molecule has 0 saturated heterocycles. The van der Waals surface area contributed by atoms with E-state index in [-0.39, 0.29) is 11.6 Å². The van der Waals surface area contributed by atoms with Gasteiger partial charge in [0.2, 0.25) is 0 Å². The van der Waals surface area contributed by atoms with Gasteiger partial charge < -0.3 is 14.5 Å². The lowest BCUT2D eigenvalue weighted by atomic mass is 9.89. The third kappa shape index (κ3) is 3.51. The maximum atomic E-state index is 13.9. The van der Waals surface area contributed by atoms with Crippen molar-refractivity contribution in [1.29, 1.82) is 0 Å². The molecule has 1 aliphatic heterocycles. The van der Waals surface area contributed by atoms with Gasteiger partial charge in [-0.25, -0.2) is 4.39 Å². The van der Waals surface area contributed by atoms with Crippen LogP contribution in [0.25, 0.3) is 0 Å². The van der Waals surface area contributed by atoms with Crippen molar-refractivity contribution in [2.45, 2.75) is 32.1 Å². The van der Waals surface area contributed by atoms with Crippen LogP contribution in [0.5, 0.6) is 5.75 Å². The van der Waals surface area contributed by atoms with Gasteiger partial charge in [0.25, 0.3) is 0 Å². The van der Waals surface area contributed by atoms with E-state index in [2.05, 4.69) is 14.8 Å². The molecule has 0 spiro atoms. The van der Waals surface area contributed by atoms with Gasteiger partial charge in [-0.15, -0.1) is 0 Å². The molecule has 0 radical (unpaired) electrons. The summed E-state index contributed by atoms with van der Waals surface area (Å²) in [6, 6.07) is 5.09. The first-order valence-corrected chi connectivity index (χ1v) is 8.09. The predicted octanol–water partition coefficient (Wildman–Crippen LogP) is 3.48. The van der Waals surface area contributed by atoms with Gasteiger partial charge >= 0.3 is 0 Å². The van der Waals surface area contributed by atoms with Crippen molar-refractivity contribution in [3.8, 4) is 5.75 Å². The summed E-state index contributed by atoms with van der Waals surface area (Å²) in [5.41, 5.74) is 0.851. The maximum Gasteiger partial charge on any atom is 0.167 e. The largest absolute Gasteiger partial charge is 0.494 e. The Morgan fingerprint density at radius 3 is 2.82 bits per heavy atom. The van der Waals surface area contributed by atoms with E-state index in [1.807, 2.05) is 12.4 Å². The van der Waals surface area contributed by atoms with Gasteiger partial charge in [-0.05, 0) is 30.9 Å². The van der Waals surface area contributed by atoms with Crippen molar-refractivity contribution in [1.82, 2.24) is 4.90 Å². The fourth-order valence-corrected chi connectivity index (χ4v) is 3.37. The van der Waals surface area contributed by atoms with Gasteiger partial charge in [-0.1, -0.05) is 19.3 Å². The molecule has 1 saturated carbocycles. The molecule has 0 aromatic heterocycles. The topological polar surface area (TPSA) is 28.1 Å². The van der Waals surface area contributed by atoms with E-state index in [0.717, 1.165) is 24.8 Å². The zero-order chi connectivity index (χ0) is 15.4. The van der Waals surface area contributed by atoms with E-state index in [9.17, 15) is 4.39 Å². The van der Waals surface area contributed by atoms with Crippen molar-refractivity contribution in [3.05, 3.63) is 24.0 Å². The maximum absolute atomic E-state index is 13.9. The third-order valence-electron chi connectivity index (χ3n) is 4.57. The first-order chi connectivity index (χ1) is 10.8. The summed E-state index contributed by atoms with van der Waals surface area (Å²) >= 11 is 0. The fourth-order valence-electron chi connectivity index (χ4n) is 3.37. The summed E-state index contributed by atoms with van der Waals surface area (Å²) in [7, 11) is 1.48. The fraction of sp³-hybridized carbons (Fsp3) is 0.588. The SMILES string of the molecule is COc1ccc(N2CN=CN(CC3CCCCC3)C2)cc1F. The third-order valence-corrected chi connectivity index (χ3v) is 4.57. The number of rotatable bonds is 4. The molecule has 0 unspecified atom stereocenters. The molecule has 5 heteroatoms. The Kier molecular flexibility index (Phi) is 4.80. The molecule has 3 rings (SSSR count). The van der Waals surface area contributed by atoms with E-state index in [0.29, 0.717) is 6.67 Å². The number of nitrogens with zero attached hydrogens (tertiary/aromatic N) is 3. The normalized spacial score (nSPS) is 19.5. The Labute approximate surface area is 131 Å². The van der Waals surface area contributed by atoms with Crippen LogP contribution in [0.3, 0.4) is 0 Å². The van der Waals surface area contributed by atoms with Crippen LogP contribution in [0, 0.1) is 11.7 Å². The van der Waals surface area contributed by atoms with Gasteiger partial charge in [-0.3, -0.25) is 4.99 Å². The number of aliphatic imine (C=N–C) groups is 1. The summed E-state index contributed by atoms with van der Waals surface area (Å²) < 4.78 is 18.8. The molecule has 0 atom stereocenters. The molecule has 1 fully saturated rings. The minimum Gasteiger partial charge on any atom is -0.494 e. The smallest absolute Gasteiger partial charge is 0.167 e. The molecule has 1 aliphatic carbocycles. The van der Waals surface area contributed by atoms with Gasteiger partial charge in [0, 0.05) is 18.3 Å². The van der Waals surface area contributed by atoms with Crippen LogP contribution in [0.15, 0.2) is 23.2 Å². The van der Waals surface area contributed by atoms with E-state index in [1.165, 1.54) is 45.3 Å². The molecule has 1 aromatic rings. The number of methoxy groups -OCH3 is 1. The number of benzene rings is 1. The molecule has 22 heavy (non-hydrogen) atoms. The average Bonchev–Trinajstić information content (AvgIpc) is 2.56. The summed E-state index contributed by atoms with van der Waals surface area (Å²) in [5, 5.41) is 0.